The smallest absolute Gasteiger partial charge is 0.238 e. The average Bonchev–Trinajstić information content (AvgIpc) is 3.07. The van der Waals surface area contributed by atoms with Gasteiger partial charge in [-0.25, -0.2) is 18.1 Å². The molecule has 142 valence electrons. The Morgan fingerprint density at radius 3 is 2.14 bits per heavy atom. The van der Waals surface area contributed by atoms with Gasteiger partial charge < -0.3 is 4.90 Å². The highest BCUT2D eigenvalue weighted by molar-refractivity contribution is 7.89. The van der Waals surface area contributed by atoms with Gasteiger partial charge in [0, 0.05) is 37.1 Å². The second-order valence-corrected chi connectivity index (χ2v) is 8.33. The number of pyridine rings is 1. The van der Waals surface area contributed by atoms with Crippen molar-refractivity contribution in [2.24, 2.45) is 5.14 Å². The van der Waals surface area contributed by atoms with E-state index < -0.39 is 10.0 Å². The molecule has 2 N–H and O–H groups in total. The van der Waals surface area contributed by atoms with Gasteiger partial charge in [-0.2, -0.15) is 5.10 Å². The maximum absolute atomic E-state index is 11.6. The van der Waals surface area contributed by atoms with E-state index in [4.69, 9.17) is 10.2 Å². The highest BCUT2D eigenvalue weighted by Crippen LogP contribution is 2.36. The van der Waals surface area contributed by atoms with E-state index in [2.05, 4.69) is 0 Å². The summed E-state index contributed by atoms with van der Waals surface area (Å²) in [5.41, 5.74) is 5.68. The minimum atomic E-state index is -3.73. The Kier molecular flexibility index (Phi) is 4.41. The van der Waals surface area contributed by atoms with Crippen molar-refractivity contribution in [1.82, 2.24) is 9.61 Å². The van der Waals surface area contributed by atoms with E-state index in [1.54, 1.807) is 12.1 Å². The second-order valence-electron chi connectivity index (χ2n) is 6.76. The highest BCUT2D eigenvalue weighted by Gasteiger charge is 2.17. The van der Waals surface area contributed by atoms with Gasteiger partial charge in [-0.05, 0) is 42.0 Å². The van der Waals surface area contributed by atoms with Crippen molar-refractivity contribution in [2.75, 3.05) is 19.0 Å². The fraction of sp³-hybridized carbons (Fsp3) is 0.0952. The molecule has 0 spiro atoms. The molecular weight excluding hydrogens is 372 g/mol. The van der Waals surface area contributed by atoms with Crippen molar-refractivity contribution in [3.63, 3.8) is 0 Å². The van der Waals surface area contributed by atoms with Gasteiger partial charge in [0.1, 0.15) is 5.69 Å². The Morgan fingerprint density at radius 1 is 0.893 bits per heavy atom. The minimum Gasteiger partial charge on any atom is -0.378 e. The molecule has 28 heavy (non-hydrogen) atoms. The monoisotopic (exact) mass is 392 g/mol. The van der Waals surface area contributed by atoms with Gasteiger partial charge in [0.05, 0.1) is 10.4 Å². The van der Waals surface area contributed by atoms with Gasteiger partial charge in [-0.3, -0.25) is 0 Å². The summed E-state index contributed by atoms with van der Waals surface area (Å²) >= 11 is 0. The largest absolute Gasteiger partial charge is 0.378 e. The average molecular weight is 392 g/mol. The molecule has 0 fully saturated rings. The van der Waals surface area contributed by atoms with Gasteiger partial charge in [0.25, 0.3) is 0 Å². The molecule has 0 saturated carbocycles. The lowest BCUT2D eigenvalue weighted by Crippen LogP contribution is -2.11. The lowest BCUT2D eigenvalue weighted by atomic mass is 9.99. The number of rotatable bonds is 4. The number of anilines is 1. The summed E-state index contributed by atoms with van der Waals surface area (Å²) in [6.45, 7) is 0. The number of hydrogen-bond donors (Lipinski definition) is 1. The van der Waals surface area contributed by atoms with E-state index in [0.29, 0.717) is 0 Å². The zero-order chi connectivity index (χ0) is 19.9. The third-order valence-electron chi connectivity index (χ3n) is 4.67. The molecule has 2 aromatic carbocycles. The number of primary sulfonamides is 1. The van der Waals surface area contributed by atoms with Crippen molar-refractivity contribution in [3.8, 4) is 22.4 Å². The maximum atomic E-state index is 11.6. The summed E-state index contributed by atoms with van der Waals surface area (Å²) in [7, 11) is 0.265. The molecule has 2 heterocycles. The molecule has 0 unspecified atom stereocenters. The molecular formula is C21H20N4O2S. The van der Waals surface area contributed by atoms with Gasteiger partial charge >= 0.3 is 0 Å². The van der Waals surface area contributed by atoms with E-state index in [1.165, 1.54) is 12.1 Å². The van der Waals surface area contributed by atoms with Crippen LogP contribution in [0.5, 0.6) is 0 Å². The molecule has 0 aliphatic heterocycles. The first-order chi connectivity index (χ1) is 13.3. The Labute approximate surface area is 163 Å². The highest BCUT2D eigenvalue weighted by atomic mass is 32.2. The van der Waals surface area contributed by atoms with Crippen molar-refractivity contribution >= 4 is 21.2 Å². The maximum Gasteiger partial charge on any atom is 0.238 e. The number of aromatic nitrogens is 2. The quantitative estimate of drug-likeness (QED) is 0.577. The SMILES string of the molecule is CN(C)c1ccc(-c2nn3ccccc3c2-c2ccc(S(N)(=O)=O)cc2)cc1. The summed E-state index contributed by atoms with van der Waals surface area (Å²) < 4.78 is 25.0. The topological polar surface area (TPSA) is 80.7 Å². The Morgan fingerprint density at radius 2 is 1.54 bits per heavy atom. The van der Waals surface area contributed by atoms with Crippen LogP contribution in [0.4, 0.5) is 5.69 Å². The van der Waals surface area contributed by atoms with E-state index in [-0.39, 0.29) is 4.90 Å². The molecule has 7 heteroatoms. The number of hydrogen-bond acceptors (Lipinski definition) is 4. The molecule has 0 bridgehead atoms. The van der Waals surface area contributed by atoms with Crippen LogP contribution in [0, 0.1) is 0 Å². The first-order valence-corrected chi connectivity index (χ1v) is 10.3. The molecule has 0 radical (unpaired) electrons. The van der Waals surface area contributed by atoms with E-state index >= 15 is 0 Å². The molecule has 2 aromatic heterocycles. The zero-order valence-corrected chi connectivity index (χ0v) is 16.4. The van der Waals surface area contributed by atoms with Crippen LogP contribution in [0.25, 0.3) is 27.9 Å². The Balaban J connectivity index is 1.91. The molecule has 0 saturated heterocycles. The normalized spacial score (nSPS) is 11.7. The van der Waals surface area contributed by atoms with Crippen LogP contribution >= 0.6 is 0 Å². The lowest BCUT2D eigenvalue weighted by molar-refractivity contribution is 0.598. The predicted molar refractivity (Wildman–Crippen MR) is 112 cm³/mol. The van der Waals surface area contributed by atoms with Crippen LogP contribution < -0.4 is 10.0 Å². The first kappa shape index (κ1) is 18.2. The number of nitrogens with zero attached hydrogens (tertiary/aromatic N) is 3. The van der Waals surface area contributed by atoms with Gasteiger partial charge in [-0.1, -0.05) is 30.3 Å². The van der Waals surface area contributed by atoms with Crippen molar-refractivity contribution in [2.45, 2.75) is 4.90 Å². The van der Waals surface area contributed by atoms with Crippen LogP contribution in [0.3, 0.4) is 0 Å². The fourth-order valence-electron chi connectivity index (χ4n) is 3.21. The fourth-order valence-corrected chi connectivity index (χ4v) is 3.73. The summed E-state index contributed by atoms with van der Waals surface area (Å²) in [6.07, 6.45) is 1.90. The lowest BCUT2D eigenvalue weighted by Gasteiger charge is -2.12. The number of sulfonamides is 1. The second kappa shape index (κ2) is 6.78. The molecule has 4 rings (SSSR count). The molecule has 0 amide bonds. The van der Waals surface area contributed by atoms with Crippen LogP contribution in [0.1, 0.15) is 0 Å². The molecule has 6 nitrogen and oxygen atoms in total. The molecule has 4 aromatic rings. The number of fused-ring (bicyclic) bond motifs is 1. The van der Waals surface area contributed by atoms with Gasteiger partial charge in [-0.15, -0.1) is 0 Å². The molecule has 0 atom stereocenters. The van der Waals surface area contributed by atoms with E-state index in [9.17, 15) is 8.42 Å². The first-order valence-electron chi connectivity index (χ1n) is 8.73. The van der Waals surface area contributed by atoms with Gasteiger partial charge in [0.2, 0.25) is 10.0 Å². The Hall–Kier alpha value is -3.16. The zero-order valence-electron chi connectivity index (χ0n) is 15.6. The van der Waals surface area contributed by atoms with Crippen molar-refractivity contribution < 1.29 is 8.42 Å². The molecule has 0 aliphatic carbocycles. The van der Waals surface area contributed by atoms with Gasteiger partial charge in [0.15, 0.2) is 0 Å². The van der Waals surface area contributed by atoms with Crippen LogP contribution in [0.15, 0.2) is 77.8 Å². The Bertz CT molecular complexity index is 1240. The summed E-state index contributed by atoms with van der Waals surface area (Å²) in [5.74, 6) is 0. The van der Waals surface area contributed by atoms with E-state index in [1.807, 2.05) is 72.2 Å². The number of benzene rings is 2. The van der Waals surface area contributed by atoms with Crippen molar-refractivity contribution in [3.05, 3.63) is 72.9 Å². The minimum absolute atomic E-state index is 0.0876. The summed E-state index contributed by atoms with van der Waals surface area (Å²) in [5, 5.41) is 9.99. The summed E-state index contributed by atoms with van der Waals surface area (Å²) in [4.78, 5) is 2.13. The van der Waals surface area contributed by atoms with Crippen LogP contribution in [0.2, 0.25) is 0 Å². The van der Waals surface area contributed by atoms with Crippen LogP contribution in [-0.4, -0.2) is 32.1 Å². The number of nitrogens with two attached hydrogens (primary N) is 1. The predicted octanol–water partition coefficient (Wildman–Crippen LogP) is 3.38. The van der Waals surface area contributed by atoms with E-state index in [0.717, 1.165) is 33.6 Å². The summed E-state index contributed by atoms with van der Waals surface area (Å²) in [6, 6.07) is 20.6. The standard InChI is InChI=1S/C21H20N4O2S/c1-24(2)17-10-6-16(7-11-17)21-20(19-5-3-4-14-25(19)23-21)15-8-12-18(13-9-15)28(22,26)27/h3-14H,1-2H3,(H2,22,26,27). The van der Waals surface area contributed by atoms with Crippen LogP contribution in [-0.2, 0) is 10.0 Å². The van der Waals surface area contributed by atoms with Crippen molar-refractivity contribution in [1.29, 1.82) is 0 Å². The molecule has 0 aliphatic rings. The third-order valence-corrected chi connectivity index (χ3v) is 5.60. The third kappa shape index (κ3) is 3.26.